The molecule has 11 heteroatoms. The van der Waals surface area contributed by atoms with Gasteiger partial charge in [-0.25, -0.2) is 4.52 Å². The highest BCUT2D eigenvalue weighted by molar-refractivity contribution is 6.04. The number of carbonyl (C=O) groups excluding carboxylic acids is 1. The first-order chi connectivity index (χ1) is 14.3. The molecule has 2 bridgehead atoms. The number of piperidine rings is 1. The minimum Gasteiger partial charge on any atom is -0.353 e. The monoisotopic (exact) mass is 419 g/mol. The van der Waals surface area contributed by atoms with Gasteiger partial charge < -0.3 is 15.5 Å². The summed E-state index contributed by atoms with van der Waals surface area (Å²) in [4.78, 5) is 15.0. The second kappa shape index (κ2) is 6.73. The second-order valence-corrected chi connectivity index (χ2v) is 7.88. The van der Waals surface area contributed by atoms with Crippen LogP contribution in [0.4, 0.5) is 24.7 Å². The van der Waals surface area contributed by atoms with E-state index in [1.165, 1.54) is 11.6 Å². The number of nitrogens with one attached hydrogen (secondary N) is 2. The van der Waals surface area contributed by atoms with Gasteiger partial charge in [-0.3, -0.25) is 9.48 Å². The van der Waals surface area contributed by atoms with Crippen molar-refractivity contribution in [2.24, 2.45) is 13.0 Å². The number of amides is 1. The van der Waals surface area contributed by atoms with E-state index < -0.39 is 17.8 Å². The normalized spacial score (nSPS) is 21.4. The lowest BCUT2D eigenvalue weighted by Gasteiger charge is -2.31. The molecule has 158 valence electrons. The Hall–Kier alpha value is -3.08. The number of aromatic nitrogens is 4. The Balaban J connectivity index is 1.44. The van der Waals surface area contributed by atoms with Crippen molar-refractivity contribution in [3.8, 4) is 0 Å². The van der Waals surface area contributed by atoms with Crippen LogP contribution in [0.3, 0.4) is 0 Å². The number of aryl methyl sites for hydroxylation is 1. The van der Waals surface area contributed by atoms with E-state index in [1.807, 2.05) is 12.1 Å². The summed E-state index contributed by atoms with van der Waals surface area (Å²) in [5, 5.41) is 13.8. The molecule has 0 unspecified atom stereocenters. The first kappa shape index (κ1) is 18.9. The van der Waals surface area contributed by atoms with Crippen LogP contribution in [-0.4, -0.2) is 51.0 Å². The zero-order valence-electron chi connectivity index (χ0n) is 16.1. The summed E-state index contributed by atoms with van der Waals surface area (Å²) in [5.41, 5.74) is -0.685. The fourth-order valence-corrected chi connectivity index (χ4v) is 4.31. The number of halogens is 3. The van der Waals surface area contributed by atoms with Gasteiger partial charge in [0.1, 0.15) is 11.5 Å². The lowest BCUT2D eigenvalue weighted by Crippen LogP contribution is -2.41. The maximum absolute atomic E-state index is 13.2. The molecular weight excluding hydrogens is 399 g/mol. The van der Waals surface area contributed by atoms with Crippen molar-refractivity contribution in [2.75, 3.05) is 29.9 Å². The minimum atomic E-state index is -4.67. The van der Waals surface area contributed by atoms with Gasteiger partial charge in [0.2, 0.25) is 0 Å². The van der Waals surface area contributed by atoms with Gasteiger partial charge in [0.25, 0.3) is 5.91 Å². The molecule has 2 aliphatic heterocycles. The van der Waals surface area contributed by atoms with Crippen molar-refractivity contribution in [3.05, 3.63) is 41.9 Å². The third-order valence-electron chi connectivity index (χ3n) is 5.62. The molecule has 2 aliphatic rings. The van der Waals surface area contributed by atoms with Crippen LogP contribution in [0.2, 0.25) is 0 Å². The molecule has 3 aromatic rings. The van der Waals surface area contributed by atoms with Gasteiger partial charge in [0, 0.05) is 38.9 Å². The fraction of sp³-hybridized carbons (Fsp3) is 0.421. The number of hydrogen-bond donors (Lipinski definition) is 2. The van der Waals surface area contributed by atoms with E-state index in [1.54, 1.807) is 12.1 Å². The SMILES string of the molecule is Cn1cc(NC(=O)c2ccc3ccc(N4C[C@@H]5CN[C@@H](C5)C4)nn23)c(C(F)(F)F)n1. The Morgan fingerprint density at radius 3 is 2.77 bits per heavy atom. The molecule has 0 spiro atoms. The molecule has 0 saturated carbocycles. The van der Waals surface area contributed by atoms with E-state index in [-0.39, 0.29) is 11.4 Å². The largest absolute Gasteiger partial charge is 0.437 e. The average Bonchev–Trinajstić information content (AvgIpc) is 3.37. The Labute approximate surface area is 169 Å². The van der Waals surface area contributed by atoms with Crippen LogP contribution < -0.4 is 15.5 Å². The highest BCUT2D eigenvalue weighted by Gasteiger charge is 2.38. The van der Waals surface area contributed by atoms with Gasteiger partial charge in [-0.2, -0.15) is 18.3 Å². The Morgan fingerprint density at radius 1 is 1.20 bits per heavy atom. The van der Waals surface area contributed by atoms with Crippen LogP contribution in [0.15, 0.2) is 30.5 Å². The summed E-state index contributed by atoms with van der Waals surface area (Å²) in [6, 6.07) is 7.45. The molecule has 0 aromatic carbocycles. The van der Waals surface area contributed by atoms with Crippen molar-refractivity contribution in [1.82, 2.24) is 24.7 Å². The zero-order valence-corrected chi connectivity index (χ0v) is 16.1. The Morgan fingerprint density at radius 2 is 2.00 bits per heavy atom. The highest BCUT2D eigenvalue weighted by Crippen LogP contribution is 2.33. The second-order valence-electron chi connectivity index (χ2n) is 7.88. The van der Waals surface area contributed by atoms with Gasteiger partial charge >= 0.3 is 6.18 Å². The third-order valence-corrected chi connectivity index (χ3v) is 5.62. The number of fused-ring (bicyclic) bond motifs is 3. The van der Waals surface area contributed by atoms with Gasteiger partial charge in [0.15, 0.2) is 5.69 Å². The lowest BCUT2D eigenvalue weighted by molar-refractivity contribution is -0.140. The quantitative estimate of drug-likeness (QED) is 0.680. The van der Waals surface area contributed by atoms with Gasteiger partial charge in [-0.05, 0) is 36.6 Å². The van der Waals surface area contributed by atoms with Crippen molar-refractivity contribution in [2.45, 2.75) is 18.6 Å². The highest BCUT2D eigenvalue weighted by atomic mass is 19.4. The van der Waals surface area contributed by atoms with Crippen LogP contribution in [0.1, 0.15) is 22.6 Å². The van der Waals surface area contributed by atoms with Gasteiger partial charge in [0.05, 0.1) is 11.2 Å². The molecule has 2 N–H and O–H groups in total. The number of hydrogen-bond acceptors (Lipinski definition) is 5. The smallest absolute Gasteiger partial charge is 0.353 e. The van der Waals surface area contributed by atoms with E-state index in [4.69, 9.17) is 0 Å². The maximum Gasteiger partial charge on any atom is 0.437 e. The van der Waals surface area contributed by atoms with E-state index in [9.17, 15) is 18.0 Å². The predicted octanol–water partition coefficient (Wildman–Crippen LogP) is 2.14. The van der Waals surface area contributed by atoms with Gasteiger partial charge in [-0.15, -0.1) is 5.10 Å². The number of carbonyl (C=O) groups is 1. The third kappa shape index (κ3) is 3.28. The average molecular weight is 419 g/mol. The van der Waals surface area contributed by atoms with Crippen molar-refractivity contribution >= 4 is 22.9 Å². The number of nitrogens with zero attached hydrogens (tertiary/aromatic N) is 5. The molecule has 0 aliphatic carbocycles. The fourth-order valence-electron chi connectivity index (χ4n) is 4.31. The minimum absolute atomic E-state index is 0.155. The number of anilines is 2. The Bertz CT molecular complexity index is 1110. The summed E-state index contributed by atoms with van der Waals surface area (Å²) in [5.74, 6) is 0.627. The lowest BCUT2D eigenvalue weighted by atomic mass is 10.0. The van der Waals surface area contributed by atoms with Crippen molar-refractivity contribution in [1.29, 1.82) is 0 Å². The first-order valence-electron chi connectivity index (χ1n) is 9.67. The summed E-state index contributed by atoms with van der Waals surface area (Å²) >= 11 is 0. The molecule has 8 nitrogen and oxygen atoms in total. The number of alkyl halides is 3. The molecule has 1 amide bonds. The molecule has 3 aromatic heterocycles. The zero-order chi connectivity index (χ0) is 21.0. The van der Waals surface area contributed by atoms with Crippen LogP contribution in [-0.2, 0) is 13.2 Å². The van der Waals surface area contributed by atoms with Crippen LogP contribution >= 0.6 is 0 Å². The van der Waals surface area contributed by atoms with Crippen LogP contribution in [0, 0.1) is 5.92 Å². The number of rotatable bonds is 3. The topological polar surface area (TPSA) is 79.5 Å². The molecule has 2 saturated heterocycles. The summed E-state index contributed by atoms with van der Waals surface area (Å²) < 4.78 is 42.0. The van der Waals surface area contributed by atoms with Crippen molar-refractivity contribution in [3.63, 3.8) is 0 Å². The molecule has 30 heavy (non-hydrogen) atoms. The molecule has 2 fully saturated rings. The van der Waals surface area contributed by atoms with E-state index >= 15 is 0 Å². The van der Waals surface area contributed by atoms with E-state index in [0.717, 1.165) is 42.8 Å². The molecule has 0 radical (unpaired) electrons. The Kier molecular flexibility index (Phi) is 4.24. The molecule has 2 atom stereocenters. The summed E-state index contributed by atoms with van der Waals surface area (Å²) in [7, 11) is 1.37. The van der Waals surface area contributed by atoms with Crippen molar-refractivity contribution < 1.29 is 18.0 Å². The van der Waals surface area contributed by atoms with E-state index in [0.29, 0.717) is 17.5 Å². The standard InChI is InChI=1S/C19H20F3N7O/c1-27-10-14(17(26-27)19(20,21)22)24-18(30)15-4-2-13-3-5-16(25-29(13)15)28-8-11-6-12(9-28)23-7-11/h2-5,10-12,23H,6-9H2,1H3,(H,24,30)/t11-,12-/m0/s1. The molecule has 5 heterocycles. The first-order valence-corrected chi connectivity index (χ1v) is 9.67. The predicted molar refractivity (Wildman–Crippen MR) is 103 cm³/mol. The maximum atomic E-state index is 13.2. The van der Waals surface area contributed by atoms with Crippen LogP contribution in [0.5, 0.6) is 0 Å². The van der Waals surface area contributed by atoms with E-state index in [2.05, 4.69) is 25.7 Å². The molecule has 5 rings (SSSR count). The van der Waals surface area contributed by atoms with Crippen LogP contribution in [0.25, 0.3) is 5.52 Å². The summed E-state index contributed by atoms with van der Waals surface area (Å²) in [6.07, 6.45) is -2.38. The summed E-state index contributed by atoms with van der Waals surface area (Å²) in [6.45, 7) is 2.71. The van der Waals surface area contributed by atoms with Gasteiger partial charge in [-0.1, -0.05) is 0 Å². The molecular formula is C19H20F3N7O.